The number of likely N-dealkylation sites (N-methyl/N-ethyl adjacent to an activating group) is 1. The van der Waals surface area contributed by atoms with Gasteiger partial charge in [0.1, 0.15) is 24.7 Å². The quantitative estimate of drug-likeness (QED) is 0.666. The van der Waals surface area contributed by atoms with Gasteiger partial charge in [0.25, 0.3) is 0 Å². The van der Waals surface area contributed by atoms with Gasteiger partial charge in [0.15, 0.2) is 0 Å². The molecule has 1 rings (SSSR count). The molecule has 2 N–H and O–H groups in total. The second-order valence-corrected chi connectivity index (χ2v) is 4.01. The molecule has 0 spiro atoms. The fraction of sp³-hybridized carbons (Fsp3) is 0.571. The first kappa shape index (κ1) is 13.8. The second-order valence-electron chi connectivity index (χ2n) is 4.01. The van der Waals surface area contributed by atoms with E-state index in [0.29, 0.717) is 0 Å². The molecule has 1 aromatic carbocycles. The zero-order valence-corrected chi connectivity index (χ0v) is 10.9. The van der Waals surface area contributed by atoms with Crippen LogP contribution in [-0.4, -0.2) is 26.3 Å². The third kappa shape index (κ3) is 6.17. The standard InChI is InChI=1S/C14H23NO2/c1-3-5-11-16-13-6-8-14(9-7-13)17-12-10-15-4-2/h6-9,15H,3-5,10-12H2,1-2H3/p+1. The zero-order chi connectivity index (χ0) is 12.3. The lowest BCUT2D eigenvalue weighted by Crippen LogP contribution is -2.84. The fourth-order valence-electron chi connectivity index (χ4n) is 1.43. The van der Waals surface area contributed by atoms with Crippen LogP contribution in [0.15, 0.2) is 24.3 Å². The van der Waals surface area contributed by atoms with Gasteiger partial charge in [-0.05, 0) is 37.6 Å². The number of ether oxygens (including phenoxy) is 2. The average Bonchev–Trinajstić information content (AvgIpc) is 2.37. The Morgan fingerprint density at radius 3 is 2.06 bits per heavy atom. The first-order valence-electron chi connectivity index (χ1n) is 6.54. The molecule has 0 amide bonds. The Labute approximate surface area is 104 Å². The highest BCUT2D eigenvalue weighted by atomic mass is 16.5. The molecule has 17 heavy (non-hydrogen) atoms. The lowest BCUT2D eigenvalue weighted by molar-refractivity contribution is -0.652. The van der Waals surface area contributed by atoms with Gasteiger partial charge in [-0.1, -0.05) is 13.3 Å². The lowest BCUT2D eigenvalue weighted by Gasteiger charge is -2.07. The summed E-state index contributed by atoms with van der Waals surface area (Å²) in [4.78, 5) is 0. The van der Waals surface area contributed by atoms with Crippen LogP contribution in [0.4, 0.5) is 0 Å². The van der Waals surface area contributed by atoms with Crippen LogP contribution in [0.5, 0.6) is 11.5 Å². The van der Waals surface area contributed by atoms with E-state index in [0.717, 1.165) is 50.6 Å². The van der Waals surface area contributed by atoms with Crippen LogP contribution >= 0.6 is 0 Å². The van der Waals surface area contributed by atoms with Crippen molar-refractivity contribution in [3.8, 4) is 11.5 Å². The van der Waals surface area contributed by atoms with Crippen LogP contribution in [0.2, 0.25) is 0 Å². The number of hydrogen-bond donors (Lipinski definition) is 1. The van der Waals surface area contributed by atoms with E-state index in [2.05, 4.69) is 19.2 Å². The Hall–Kier alpha value is -1.22. The van der Waals surface area contributed by atoms with E-state index in [9.17, 15) is 0 Å². The first-order valence-corrected chi connectivity index (χ1v) is 6.54. The monoisotopic (exact) mass is 238 g/mol. The highest BCUT2D eigenvalue weighted by Crippen LogP contribution is 2.17. The maximum absolute atomic E-state index is 5.60. The van der Waals surface area contributed by atoms with Crippen molar-refractivity contribution < 1.29 is 14.8 Å². The van der Waals surface area contributed by atoms with Gasteiger partial charge in [-0.2, -0.15) is 0 Å². The maximum Gasteiger partial charge on any atom is 0.137 e. The largest absolute Gasteiger partial charge is 0.494 e. The van der Waals surface area contributed by atoms with Crippen molar-refractivity contribution in [3.05, 3.63) is 24.3 Å². The summed E-state index contributed by atoms with van der Waals surface area (Å²) in [5.41, 5.74) is 0. The van der Waals surface area contributed by atoms with E-state index < -0.39 is 0 Å². The molecule has 0 aliphatic carbocycles. The van der Waals surface area contributed by atoms with Gasteiger partial charge >= 0.3 is 0 Å². The highest BCUT2D eigenvalue weighted by Gasteiger charge is 1.96. The van der Waals surface area contributed by atoms with Gasteiger partial charge in [0.2, 0.25) is 0 Å². The molecule has 0 aliphatic heterocycles. The number of nitrogens with two attached hydrogens (primary N) is 1. The summed E-state index contributed by atoms with van der Waals surface area (Å²) in [6.45, 7) is 7.96. The van der Waals surface area contributed by atoms with Crippen molar-refractivity contribution in [2.75, 3.05) is 26.3 Å². The third-order valence-corrected chi connectivity index (χ3v) is 2.47. The molecule has 0 saturated carbocycles. The molecule has 1 aromatic rings. The summed E-state index contributed by atoms with van der Waals surface area (Å²) in [6.07, 6.45) is 2.26. The van der Waals surface area contributed by atoms with E-state index >= 15 is 0 Å². The van der Waals surface area contributed by atoms with E-state index in [1.807, 2.05) is 24.3 Å². The normalized spacial score (nSPS) is 10.2. The Morgan fingerprint density at radius 1 is 0.941 bits per heavy atom. The van der Waals surface area contributed by atoms with Crippen molar-refractivity contribution in [1.29, 1.82) is 0 Å². The molecular weight excluding hydrogens is 214 g/mol. The van der Waals surface area contributed by atoms with Crippen molar-refractivity contribution in [1.82, 2.24) is 0 Å². The Kier molecular flexibility index (Phi) is 7.23. The van der Waals surface area contributed by atoms with Crippen molar-refractivity contribution in [2.24, 2.45) is 0 Å². The Morgan fingerprint density at radius 2 is 1.53 bits per heavy atom. The molecule has 0 radical (unpaired) electrons. The smallest absolute Gasteiger partial charge is 0.137 e. The highest BCUT2D eigenvalue weighted by molar-refractivity contribution is 5.31. The van der Waals surface area contributed by atoms with Crippen LogP contribution in [0.25, 0.3) is 0 Å². The van der Waals surface area contributed by atoms with Crippen LogP contribution < -0.4 is 14.8 Å². The lowest BCUT2D eigenvalue weighted by atomic mass is 10.3. The summed E-state index contributed by atoms with van der Waals surface area (Å²) < 4.78 is 11.2. The molecule has 96 valence electrons. The average molecular weight is 238 g/mol. The SMILES string of the molecule is CCCCOc1ccc(OCC[NH2+]CC)cc1. The second kappa shape index (κ2) is 8.88. The van der Waals surface area contributed by atoms with Gasteiger partial charge in [-0.25, -0.2) is 0 Å². The molecule has 0 saturated heterocycles. The zero-order valence-electron chi connectivity index (χ0n) is 10.9. The maximum atomic E-state index is 5.60. The molecule has 0 aromatic heterocycles. The van der Waals surface area contributed by atoms with Gasteiger partial charge in [0, 0.05) is 0 Å². The molecule has 0 fully saturated rings. The van der Waals surface area contributed by atoms with Crippen LogP contribution in [0.3, 0.4) is 0 Å². The van der Waals surface area contributed by atoms with E-state index in [4.69, 9.17) is 9.47 Å². The topological polar surface area (TPSA) is 35.1 Å². The number of benzene rings is 1. The predicted octanol–water partition coefficient (Wildman–Crippen LogP) is 1.83. The number of quaternary nitrogens is 1. The van der Waals surface area contributed by atoms with E-state index in [-0.39, 0.29) is 0 Å². The van der Waals surface area contributed by atoms with Crippen LogP contribution in [0.1, 0.15) is 26.7 Å². The van der Waals surface area contributed by atoms with Crippen LogP contribution in [-0.2, 0) is 0 Å². The van der Waals surface area contributed by atoms with Gasteiger partial charge in [-0.15, -0.1) is 0 Å². The van der Waals surface area contributed by atoms with Gasteiger partial charge < -0.3 is 14.8 Å². The predicted molar refractivity (Wildman–Crippen MR) is 69.7 cm³/mol. The Balaban J connectivity index is 2.24. The molecule has 0 unspecified atom stereocenters. The minimum absolute atomic E-state index is 0.754. The minimum Gasteiger partial charge on any atom is -0.494 e. The molecule has 3 nitrogen and oxygen atoms in total. The van der Waals surface area contributed by atoms with Gasteiger partial charge in [0.05, 0.1) is 13.2 Å². The van der Waals surface area contributed by atoms with Gasteiger partial charge in [-0.3, -0.25) is 0 Å². The van der Waals surface area contributed by atoms with Crippen molar-refractivity contribution in [3.63, 3.8) is 0 Å². The van der Waals surface area contributed by atoms with Crippen molar-refractivity contribution >= 4 is 0 Å². The van der Waals surface area contributed by atoms with Crippen LogP contribution in [0, 0.1) is 0 Å². The summed E-state index contributed by atoms with van der Waals surface area (Å²) in [5.74, 6) is 1.84. The number of rotatable bonds is 9. The summed E-state index contributed by atoms with van der Waals surface area (Å²) in [6, 6.07) is 7.86. The minimum atomic E-state index is 0.754. The Bertz CT molecular complexity index is 285. The fourth-order valence-corrected chi connectivity index (χ4v) is 1.43. The molecule has 0 atom stereocenters. The summed E-state index contributed by atoms with van der Waals surface area (Å²) in [7, 11) is 0. The molecule has 0 heterocycles. The van der Waals surface area contributed by atoms with E-state index in [1.54, 1.807) is 0 Å². The first-order chi connectivity index (χ1) is 8.36. The molecule has 0 aliphatic rings. The molecule has 0 bridgehead atoms. The number of hydrogen-bond acceptors (Lipinski definition) is 2. The molecule has 3 heteroatoms. The number of unbranched alkanes of at least 4 members (excludes halogenated alkanes) is 1. The van der Waals surface area contributed by atoms with E-state index in [1.165, 1.54) is 0 Å². The summed E-state index contributed by atoms with van der Waals surface area (Å²) in [5, 5.41) is 2.22. The van der Waals surface area contributed by atoms with Crippen molar-refractivity contribution in [2.45, 2.75) is 26.7 Å². The molecular formula is C14H24NO2+. The summed E-state index contributed by atoms with van der Waals surface area (Å²) >= 11 is 0. The third-order valence-electron chi connectivity index (χ3n) is 2.47.